The Labute approximate surface area is 191 Å². The van der Waals surface area contributed by atoms with Crippen molar-refractivity contribution in [3.8, 4) is 5.82 Å². The van der Waals surface area contributed by atoms with Gasteiger partial charge in [-0.25, -0.2) is 9.37 Å². The highest BCUT2D eigenvalue weighted by Crippen LogP contribution is 2.25. The van der Waals surface area contributed by atoms with Crippen molar-refractivity contribution in [2.75, 3.05) is 5.32 Å². The lowest BCUT2D eigenvalue weighted by Gasteiger charge is -2.35. The van der Waals surface area contributed by atoms with Crippen molar-refractivity contribution < 1.29 is 14.3 Å². The summed E-state index contributed by atoms with van der Waals surface area (Å²) in [5.74, 6) is 0.370. The van der Waals surface area contributed by atoms with Gasteiger partial charge in [-0.3, -0.25) is 4.79 Å². The number of hydrogen-bond donors (Lipinski definition) is 3. The van der Waals surface area contributed by atoms with Gasteiger partial charge in [0.25, 0.3) is 5.91 Å². The second kappa shape index (κ2) is 8.99. The first-order chi connectivity index (χ1) is 15.8. The number of carbonyl (C=O) groups is 1. The molecule has 2 unspecified atom stereocenters. The summed E-state index contributed by atoms with van der Waals surface area (Å²) in [6.45, 7) is 5.66. The summed E-state index contributed by atoms with van der Waals surface area (Å²) in [5, 5.41) is 16.5. The fraction of sp³-hybridized carbons (Fsp3) is 0.240. The topological polar surface area (TPSA) is 92.1 Å². The maximum absolute atomic E-state index is 13.2. The van der Waals surface area contributed by atoms with E-state index < -0.39 is 11.6 Å². The van der Waals surface area contributed by atoms with E-state index in [9.17, 15) is 14.3 Å². The maximum atomic E-state index is 13.2. The smallest absolute Gasteiger partial charge is 0.253 e. The van der Waals surface area contributed by atoms with E-state index in [1.807, 2.05) is 39.1 Å². The number of nitrogens with one attached hydrogen (secondary N) is 2. The molecule has 3 aromatic rings. The first-order valence-corrected chi connectivity index (χ1v) is 10.7. The number of carbonyl (C=O) groups excluding carboxylic acids is 1. The second-order valence-electron chi connectivity index (χ2n) is 8.13. The van der Waals surface area contributed by atoms with Crippen LogP contribution in [0.4, 0.5) is 16.0 Å². The van der Waals surface area contributed by atoms with Crippen molar-refractivity contribution >= 4 is 17.5 Å². The van der Waals surface area contributed by atoms with Crippen LogP contribution in [0, 0.1) is 19.7 Å². The predicted octanol–water partition coefficient (Wildman–Crippen LogP) is 4.13. The summed E-state index contributed by atoms with van der Waals surface area (Å²) in [7, 11) is 0. The van der Waals surface area contributed by atoms with Gasteiger partial charge in [0.1, 0.15) is 11.6 Å². The Morgan fingerprint density at radius 1 is 1.18 bits per heavy atom. The van der Waals surface area contributed by atoms with E-state index in [1.165, 1.54) is 12.1 Å². The molecule has 0 aliphatic heterocycles. The normalized spacial score (nSPS) is 19.5. The average Bonchev–Trinajstić information content (AvgIpc) is 3.19. The molecule has 2 heterocycles. The molecular weight excluding hydrogens is 421 g/mol. The van der Waals surface area contributed by atoms with Crippen molar-refractivity contribution in [2.45, 2.75) is 38.8 Å². The summed E-state index contributed by atoms with van der Waals surface area (Å²) >= 11 is 0. The van der Waals surface area contributed by atoms with Crippen molar-refractivity contribution in [3.05, 3.63) is 89.7 Å². The zero-order valence-corrected chi connectivity index (χ0v) is 18.7. The molecule has 170 valence electrons. The van der Waals surface area contributed by atoms with Crippen LogP contribution < -0.4 is 10.6 Å². The molecule has 33 heavy (non-hydrogen) atoms. The molecule has 2 atom stereocenters. The van der Waals surface area contributed by atoms with Crippen LogP contribution in [0.2, 0.25) is 0 Å². The number of nitrogens with zero attached hydrogens (tertiary/aromatic N) is 3. The molecule has 1 aliphatic carbocycles. The Hall–Kier alpha value is -3.78. The lowest BCUT2D eigenvalue weighted by Crippen LogP contribution is -2.55. The summed E-state index contributed by atoms with van der Waals surface area (Å²) in [5.41, 5.74) is 1.89. The number of anilines is 2. The highest BCUT2D eigenvalue weighted by atomic mass is 19.1. The lowest BCUT2D eigenvalue weighted by atomic mass is 9.85. The van der Waals surface area contributed by atoms with Crippen molar-refractivity contribution in [2.24, 2.45) is 0 Å². The fourth-order valence-electron chi connectivity index (χ4n) is 3.81. The van der Waals surface area contributed by atoms with Crippen molar-refractivity contribution in [1.82, 2.24) is 19.9 Å². The molecule has 7 nitrogen and oxygen atoms in total. The molecule has 1 amide bonds. The molecule has 8 heteroatoms. The van der Waals surface area contributed by atoms with Crippen molar-refractivity contribution in [3.63, 3.8) is 0 Å². The zero-order chi connectivity index (χ0) is 23.6. The monoisotopic (exact) mass is 447 g/mol. The molecule has 4 rings (SSSR count). The van der Waals surface area contributed by atoms with Gasteiger partial charge in [0.15, 0.2) is 0 Å². The average molecular weight is 448 g/mol. The minimum atomic E-state index is -0.850. The lowest BCUT2D eigenvalue weighted by molar-refractivity contribution is 0.0788. The molecule has 0 radical (unpaired) electrons. The standard InChI is InChI=1S/C25H26FN5O2/c1-4-25(12-6-5-7-21(25)32)30-23(33)20-15-31(14-17(20)3)22-16(2)13-27-24(29-22)28-19-10-8-18(26)9-11-19/h5-15,21,32H,4H2,1-3H3,(H,30,33)(H,27,28,29). The third kappa shape index (κ3) is 4.56. The molecule has 0 spiro atoms. The minimum Gasteiger partial charge on any atom is -0.386 e. The van der Waals surface area contributed by atoms with E-state index in [0.717, 1.165) is 11.1 Å². The van der Waals surface area contributed by atoms with Gasteiger partial charge in [0.05, 0.1) is 17.2 Å². The highest BCUT2D eigenvalue weighted by molar-refractivity contribution is 5.96. The van der Waals surface area contributed by atoms with Crippen molar-refractivity contribution in [1.29, 1.82) is 0 Å². The number of aliphatic hydroxyl groups excluding tert-OH is 1. The Kier molecular flexibility index (Phi) is 6.11. The first kappa shape index (κ1) is 22.4. The van der Waals surface area contributed by atoms with Crippen LogP contribution in [-0.4, -0.2) is 37.2 Å². The van der Waals surface area contributed by atoms with Gasteiger partial charge in [0.2, 0.25) is 5.95 Å². The van der Waals surface area contributed by atoms with Gasteiger partial charge in [-0.15, -0.1) is 0 Å². The third-order valence-electron chi connectivity index (χ3n) is 5.82. The Balaban J connectivity index is 1.60. The van der Waals surface area contributed by atoms with Gasteiger partial charge < -0.3 is 20.3 Å². The SMILES string of the molecule is CCC1(NC(=O)c2cn(-c3nc(Nc4ccc(F)cc4)ncc3C)cc2C)C=CC=CC1O. The van der Waals surface area contributed by atoms with Crippen LogP contribution in [-0.2, 0) is 0 Å². The first-order valence-electron chi connectivity index (χ1n) is 10.7. The molecule has 0 bridgehead atoms. The fourth-order valence-corrected chi connectivity index (χ4v) is 3.81. The number of benzene rings is 1. The zero-order valence-electron chi connectivity index (χ0n) is 18.7. The number of aryl methyl sites for hydroxylation is 2. The summed E-state index contributed by atoms with van der Waals surface area (Å²) in [6.07, 6.45) is 12.1. The Bertz CT molecular complexity index is 1230. The number of hydrogen-bond acceptors (Lipinski definition) is 5. The van der Waals surface area contributed by atoms with E-state index >= 15 is 0 Å². The molecule has 1 aromatic carbocycles. The summed E-state index contributed by atoms with van der Waals surface area (Å²) in [4.78, 5) is 22.0. The van der Waals surface area contributed by atoms with Crippen LogP contribution >= 0.6 is 0 Å². The maximum Gasteiger partial charge on any atom is 0.253 e. The van der Waals surface area contributed by atoms with E-state index in [4.69, 9.17) is 0 Å². The quantitative estimate of drug-likeness (QED) is 0.528. The minimum absolute atomic E-state index is 0.275. The van der Waals surface area contributed by atoms with E-state index in [1.54, 1.807) is 41.2 Å². The number of halogens is 1. The van der Waals surface area contributed by atoms with Crippen LogP contribution in [0.3, 0.4) is 0 Å². The number of rotatable bonds is 6. The molecule has 3 N–H and O–H groups in total. The van der Waals surface area contributed by atoms with E-state index in [2.05, 4.69) is 20.6 Å². The molecular formula is C25H26FN5O2. The van der Waals surface area contributed by atoms with Crippen LogP contribution in [0.25, 0.3) is 5.82 Å². The molecule has 1 aliphatic rings. The van der Waals surface area contributed by atoms with Gasteiger partial charge in [0, 0.05) is 29.8 Å². The Morgan fingerprint density at radius 3 is 2.64 bits per heavy atom. The van der Waals surface area contributed by atoms with Crippen LogP contribution in [0.15, 0.2) is 67.2 Å². The number of aliphatic hydroxyl groups is 1. The van der Waals surface area contributed by atoms with E-state index in [0.29, 0.717) is 29.4 Å². The van der Waals surface area contributed by atoms with Crippen LogP contribution in [0.1, 0.15) is 34.8 Å². The summed E-state index contributed by atoms with van der Waals surface area (Å²) < 4.78 is 14.9. The van der Waals surface area contributed by atoms with Gasteiger partial charge in [-0.05, 0) is 50.1 Å². The summed E-state index contributed by atoms with van der Waals surface area (Å²) in [6, 6.07) is 5.92. The van der Waals surface area contributed by atoms with E-state index in [-0.39, 0.29) is 11.7 Å². The predicted molar refractivity (Wildman–Crippen MR) is 125 cm³/mol. The number of aromatic nitrogens is 3. The Morgan fingerprint density at radius 2 is 1.94 bits per heavy atom. The van der Waals surface area contributed by atoms with Crippen LogP contribution in [0.5, 0.6) is 0 Å². The van der Waals surface area contributed by atoms with Gasteiger partial charge in [-0.1, -0.05) is 31.2 Å². The molecule has 0 saturated heterocycles. The molecule has 0 saturated carbocycles. The van der Waals surface area contributed by atoms with Gasteiger partial charge >= 0.3 is 0 Å². The largest absolute Gasteiger partial charge is 0.386 e. The molecule has 2 aromatic heterocycles. The number of amides is 1. The number of allylic oxidation sites excluding steroid dienone is 2. The highest BCUT2D eigenvalue weighted by Gasteiger charge is 2.35. The van der Waals surface area contributed by atoms with Gasteiger partial charge in [-0.2, -0.15) is 4.98 Å². The second-order valence-corrected chi connectivity index (χ2v) is 8.13. The molecule has 0 fully saturated rings. The third-order valence-corrected chi connectivity index (χ3v) is 5.82.